The highest BCUT2D eigenvalue weighted by Gasteiger charge is 2.20. The summed E-state index contributed by atoms with van der Waals surface area (Å²) in [5.41, 5.74) is 2.93. The molecule has 0 bridgehead atoms. The number of rotatable bonds is 2. The van der Waals surface area contributed by atoms with Gasteiger partial charge < -0.3 is 4.74 Å². The van der Waals surface area contributed by atoms with Crippen LogP contribution in [-0.4, -0.2) is 17.1 Å². The molecule has 2 rings (SSSR count). The van der Waals surface area contributed by atoms with Crippen LogP contribution in [0.4, 0.5) is 0 Å². The molecule has 1 aromatic heterocycles. The van der Waals surface area contributed by atoms with Crippen LogP contribution in [0.2, 0.25) is 0 Å². The van der Waals surface area contributed by atoms with Gasteiger partial charge in [-0.05, 0) is 41.1 Å². The SMILES string of the molecule is COc1ccc(C)cc1-c1cc(Br)nc(C(C)(C)C)n1. The first kappa shape index (κ1) is 15.0. The first-order valence-corrected chi connectivity index (χ1v) is 7.30. The molecule has 0 aliphatic heterocycles. The summed E-state index contributed by atoms with van der Waals surface area (Å²) in [5.74, 6) is 1.63. The van der Waals surface area contributed by atoms with Crippen molar-refractivity contribution >= 4 is 15.9 Å². The van der Waals surface area contributed by atoms with Gasteiger partial charge in [0, 0.05) is 11.0 Å². The Bertz CT molecular complexity index is 633. The molecule has 0 unspecified atom stereocenters. The van der Waals surface area contributed by atoms with Crippen LogP contribution in [0.15, 0.2) is 28.9 Å². The van der Waals surface area contributed by atoms with E-state index in [1.165, 1.54) is 5.56 Å². The van der Waals surface area contributed by atoms with E-state index in [9.17, 15) is 0 Å². The summed E-state index contributed by atoms with van der Waals surface area (Å²) in [5, 5.41) is 0. The molecular weight excluding hydrogens is 316 g/mol. The summed E-state index contributed by atoms with van der Waals surface area (Å²) in [4.78, 5) is 9.18. The molecule has 1 heterocycles. The van der Waals surface area contributed by atoms with Crippen molar-refractivity contribution in [3.8, 4) is 17.0 Å². The molecule has 3 nitrogen and oxygen atoms in total. The van der Waals surface area contributed by atoms with E-state index in [4.69, 9.17) is 9.72 Å². The molecule has 0 spiro atoms. The largest absolute Gasteiger partial charge is 0.496 e. The van der Waals surface area contributed by atoms with E-state index in [2.05, 4.69) is 54.7 Å². The number of methoxy groups -OCH3 is 1. The van der Waals surface area contributed by atoms with Gasteiger partial charge in [-0.1, -0.05) is 32.4 Å². The molecule has 0 saturated carbocycles. The predicted molar refractivity (Wildman–Crippen MR) is 85.2 cm³/mol. The van der Waals surface area contributed by atoms with Crippen molar-refractivity contribution in [2.45, 2.75) is 33.1 Å². The minimum Gasteiger partial charge on any atom is -0.496 e. The van der Waals surface area contributed by atoms with E-state index in [1.54, 1.807) is 7.11 Å². The maximum absolute atomic E-state index is 5.44. The maximum atomic E-state index is 5.44. The average molecular weight is 335 g/mol. The zero-order valence-electron chi connectivity index (χ0n) is 12.5. The molecule has 0 saturated heterocycles. The number of hydrogen-bond donors (Lipinski definition) is 0. The fourth-order valence-corrected chi connectivity index (χ4v) is 2.30. The lowest BCUT2D eigenvalue weighted by atomic mass is 9.95. The van der Waals surface area contributed by atoms with Crippen LogP contribution in [0, 0.1) is 6.92 Å². The summed E-state index contributed by atoms with van der Waals surface area (Å²) in [6.45, 7) is 8.37. The molecule has 0 radical (unpaired) electrons. The zero-order chi connectivity index (χ0) is 14.9. The first-order chi connectivity index (χ1) is 9.31. The van der Waals surface area contributed by atoms with Gasteiger partial charge in [0.1, 0.15) is 16.2 Å². The normalized spacial score (nSPS) is 11.5. The van der Waals surface area contributed by atoms with Gasteiger partial charge in [0.15, 0.2) is 0 Å². The molecular formula is C16H19BrN2O. The Kier molecular flexibility index (Phi) is 4.14. The molecule has 106 valence electrons. The summed E-state index contributed by atoms with van der Waals surface area (Å²) in [6, 6.07) is 8.01. The van der Waals surface area contributed by atoms with Crippen LogP contribution in [0.25, 0.3) is 11.3 Å². The van der Waals surface area contributed by atoms with Crippen LogP contribution in [0.5, 0.6) is 5.75 Å². The predicted octanol–water partition coefficient (Wildman–Crippen LogP) is 4.52. The highest BCUT2D eigenvalue weighted by atomic mass is 79.9. The highest BCUT2D eigenvalue weighted by Crippen LogP contribution is 2.32. The molecule has 1 aromatic carbocycles. The number of benzene rings is 1. The van der Waals surface area contributed by atoms with Gasteiger partial charge in [0.2, 0.25) is 0 Å². The fourth-order valence-electron chi connectivity index (χ4n) is 1.91. The van der Waals surface area contributed by atoms with E-state index in [0.29, 0.717) is 0 Å². The second-order valence-electron chi connectivity index (χ2n) is 5.85. The summed E-state index contributed by atoms with van der Waals surface area (Å²) < 4.78 is 6.23. The molecule has 20 heavy (non-hydrogen) atoms. The number of ether oxygens (including phenoxy) is 1. The van der Waals surface area contributed by atoms with Crippen LogP contribution in [0.1, 0.15) is 32.2 Å². The van der Waals surface area contributed by atoms with Gasteiger partial charge in [-0.2, -0.15) is 0 Å². The standard InChI is InChI=1S/C16H19BrN2O/c1-10-6-7-13(20-5)11(8-10)12-9-14(17)19-15(18-12)16(2,3)4/h6-9H,1-5H3. The molecule has 4 heteroatoms. The molecule has 0 fully saturated rings. The molecule has 0 atom stereocenters. The van der Waals surface area contributed by atoms with E-state index >= 15 is 0 Å². The van der Waals surface area contributed by atoms with Crippen LogP contribution in [0.3, 0.4) is 0 Å². The number of halogens is 1. The molecule has 0 N–H and O–H groups in total. The Morgan fingerprint density at radius 3 is 2.40 bits per heavy atom. The first-order valence-electron chi connectivity index (χ1n) is 6.51. The smallest absolute Gasteiger partial charge is 0.135 e. The van der Waals surface area contributed by atoms with Gasteiger partial charge in [0.05, 0.1) is 12.8 Å². The lowest BCUT2D eigenvalue weighted by Crippen LogP contribution is -2.16. The van der Waals surface area contributed by atoms with E-state index in [-0.39, 0.29) is 5.41 Å². The summed E-state index contributed by atoms with van der Waals surface area (Å²) >= 11 is 3.48. The van der Waals surface area contributed by atoms with Crippen molar-refractivity contribution in [3.05, 3.63) is 40.3 Å². The summed E-state index contributed by atoms with van der Waals surface area (Å²) in [7, 11) is 1.68. The van der Waals surface area contributed by atoms with Crippen molar-refractivity contribution in [2.75, 3.05) is 7.11 Å². The minimum absolute atomic E-state index is 0.102. The van der Waals surface area contributed by atoms with Crippen LogP contribution < -0.4 is 4.74 Å². The summed E-state index contributed by atoms with van der Waals surface area (Å²) in [6.07, 6.45) is 0. The Morgan fingerprint density at radius 1 is 1.10 bits per heavy atom. The Morgan fingerprint density at radius 2 is 1.80 bits per heavy atom. The third-order valence-electron chi connectivity index (χ3n) is 3.00. The third kappa shape index (κ3) is 3.18. The monoisotopic (exact) mass is 334 g/mol. The van der Waals surface area contributed by atoms with Crippen molar-refractivity contribution < 1.29 is 4.74 Å². The number of aryl methyl sites for hydroxylation is 1. The molecule has 0 aliphatic rings. The second kappa shape index (κ2) is 5.52. The number of aromatic nitrogens is 2. The van der Waals surface area contributed by atoms with Crippen LogP contribution >= 0.6 is 15.9 Å². The Balaban J connectivity index is 2.64. The topological polar surface area (TPSA) is 35.0 Å². The minimum atomic E-state index is -0.102. The van der Waals surface area contributed by atoms with Gasteiger partial charge >= 0.3 is 0 Å². The molecule has 0 aliphatic carbocycles. The third-order valence-corrected chi connectivity index (χ3v) is 3.40. The Labute approximate surface area is 128 Å². The highest BCUT2D eigenvalue weighted by molar-refractivity contribution is 9.10. The Hall–Kier alpha value is -1.42. The van der Waals surface area contributed by atoms with E-state index < -0.39 is 0 Å². The molecule has 2 aromatic rings. The molecule has 0 amide bonds. The van der Waals surface area contributed by atoms with Crippen molar-refractivity contribution in [1.29, 1.82) is 0 Å². The van der Waals surface area contributed by atoms with Crippen molar-refractivity contribution in [1.82, 2.24) is 9.97 Å². The lowest BCUT2D eigenvalue weighted by molar-refractivity contribution is 0.416. The quantitative estimate of drug-likeness (QED) is 0.757. The van der Waals surface area contributed by atoms with Gasteiger partial charge in [-0.3, -0.25) is 0 Å². The zero-order valence-corrected chi connectivity index (χ0v) is 14.1. The number of hydrogen-bond acceptors (Lipinski definition) is 3. The van der Waals surface area contributed by atoms with Crippen molar-refractivity contribution in [2.24, 2.45) is 0 Å². The maximum Gasteiger partial charge on any atom is 0.135 e. The van der Waals surface area contributed by atoms with Gasteiger partial charge in [-0.15, -0.1) is 0 Å². The van der Waals surface area contributed by atoms with E-state index in [0.717, 1.165) is 27.4 Å². The van der Waals surface area contributed by atoms with Crippen molar-refractivity contribution in [3.63, 3.8) is 0 Å². The van der Waals surface area contributed by atoms with Gasteiger partial charge in [-0.25, -0.2) is 9.97 Å². The van der Waals surface area contributed by atoms with E-state index in [1.807, 2.05) is 18.2 Å². The average Bonchev–Trinajstić information content (AvgIpc) is 2.37. The van der Waals surface area contributed by atoms with Crippen LogP contribution in [-0.2, 0) is 5.41 Å². The van der Waals surface area contributed by atoms with Gasteiger partial charge in [0.25, 0.3) is 0 Å². The fraction of sp³-hybridized carbons (Fsp3) is 0.375. The second-order valence-corrected chi connectivity index (χ2v) is 6.67. The lowest BCUT2D eigenvalue weighted by Gasteiger charge is -2.18. The number of nitrogens with zero attached hydrogens (tertiary/aromatic N) is 2.